The number of amides is 2. The summed E-state index contributed by atoms with van der Waals surface area (Å²) < 4.78 is 0. The normalized spacial score (nSPS) is 18.0. The fourth-order valence-corrected chi connectivity index (χ4v) is 2.03. The Morgan fingerprint density at radius 3 is 2.59 bits per heavy atom. The van der Waals surface area contributed by atoms with Crippen LogP contribution in [0.4, 0.5) is 5.69 Å². The Morgan fingerprint density at radius 2 is 1.94 bits per heavy atom. The van der Waals surface area contributed by atoms with E-state index in [1.807, 2.05) is 0 Å². The molecule has 0 spiro atoms. The third-order valence-corrected chi connectivity index (χ3v) is 2.97. The van der Waals surface area contributed by atoms with E-state index in [2.05, 4.69) is 10.0 Å². The maximum absolute atomic E-state index is 12.0. The molecule has 0 N–H and O–H groups in total. The highest BCUT2D eigenvalue weighted by Gasteiger charge is 2.44. The maximum Gasteiger partial charge on any atom is 0.261 e. The van der Waals surface area contributed by atoms with Crippen LogP contribution >= 0.6 is 0 Å². The molecule has 84 valence electrons. The lowest BCUT2D eigenvalue weighted by atomic mass is 10.1. The second-order valence-corrected chi connectivity index (χ2v) is 4.13. The van der Waals surface area contributed by atoms with Gasteiger partial charge < -0.3 is 0 Å². The number of hydrogen-bond donors (Lipinski definition) is 0. The number of imide groups is 1. The van der Waals surface area contributed by atoms with Crippen molar-refractivity contribution < 1.29 is 9.59 Å². The van der Waals surface area contributed by atoms with Crippen LogP contribution in [-0.2, 0) is 0 Å². The van der Waals surface area contributed by atoms with E-state index in [1.54, 1.807) is 12.1 Å². The molecule has 0 atom stereocenters. The number of azide groups is 1. The van der Waals surface area contributed by atoms with Crippen LogP contribution in [0.5, 0.6) is 0 Å². The third-order valence-electron chi connectivity index (χ3n) is 2.97. The minimum absolute atomic E-state index is 0.0605. The average molecular weight is 228 g/mol. The Bertz CT molecular complexity index is 585. The second kappa shape index (κ2) is 3.33. The van der Waals surface area contributed by atoms with Gasteiger partial charge in [-0.05, 0) is 30.5 Å². The lowest BCUT2D eigenvalue weighted by Gasteiger charge is -2.11. The Labute approximate surface area is 96.5 Å². The van der Waals surface area contributed by atoms with Crippen molar-refractivity contribution in [2.45, 2.75) is 18.9 Å². The molecule has 0 aromatic heterocycles. The number of fused-ring (bicyclic) bond motifs is 1. The molecular weight excluding hydrogens is 220 g/mol. The van der Waals surface area contributed by atoms with E-state index in [0.717, 1.165) is 12.8 Å². The molecule has 6 heteroatoms. The Kier molecular flexibility index (Phi) is 1.93. The zero-order valence-electron chi connectivity index (χ0n) is 8.83. The largest absolute Gasteiger partial charge is 0.271 e. The summed E-state index contributed by atoms with van der Waals surface area (Å²) in [7, 11) is 0. The lowest BCUT2D eigenvalue weighted by Crippen LogP contribution is -2.31. The molecular formula is C11H8N4O2. The maximum atomic E-state index is 12.0. The first-order chi connectivity index (χ1) is 8.22. The van der Waals surface area contributed by atoms with Gasteiger partial charge in [-0.15, -0.1) is 0 Å². The number of hydrogen-bond acceptors (Lipinski definition) is 3. The van der Waals surface area contributed by atoms with Gasteiger partial charge in [-0.3, -0.25) is 14.5 Å². The Morgan fingerprint density at radius 1 is 1.24 bits per heavy atom. The number of carbonyl (C=O) groups excluding carboxylic acids is 2. The van der Waals surface area contributed by atoms with Crippen molar-refractivity contribution in [2.24, 2.45) is 5.11 Å². The van der Waals surface area contributed by atoms with Crippen LogP contribution in [0.15, 0.2) is 23.3 Å². The van der Waals surface area contributed by atoms with E-state index in [0.29, 0.717) is 16.8 Å². The van der Waals surface area contributed by atoms with Gasteiger partial charge in [0.15, 0.2) is 0 Å². The summed E-state index contributed by atoms with van der Waals surface area (Å²) in [5, 5.41) is 3.43. The van der Waals surface area contributed by atoms with Crippen LogP contribution in [0.1, 0.15) is 33.6 Å². The van der Waals surface area contributed by atoms with Crippen LogP contribution in [-0.4, -0.2) is 22.8 Å². The average Bonchev–Trinajstić information content (AvgIpc) is 3.10. The number of benzene rings is 1. The predicted octanol–water partition coefficient (Wildman–Crippen LogP) is 2.39. The smallest absolute Gasteiger partial charge is 0.261 e. The topological polar surface area (TPSA) is 86.1 Å². The molecule has 1 saturated carbocycles. The summed E-state index contributed by atoms with van der Waals surface area (Å²) in [5.41, 5.74) is 9.43. The summed E-state index contributed by atoms with van der Waals surface area (Å²) in [6.07, 6.45) is 1.77. The molecule has 2 amide bonds. The SMILES string of the molecule is [N-]=[N+]=Nc1ccc2c(c1)C(=O)N(C1CC1)C2=O. The fourth-order valence-electron chi connectivity index (χ4n) is 2.03. The van der Waals surface area contributed by atoms with Crippen molar-refractivity contribution in [3.8, 4) is 0 Å². The third kappa shape index (κ3) is 1.38. The van der Waals surface area contributed by atoms with E-state index >= 15 is 0 Å². The monoisotopic (exact) mass is 228 g/mol. The second-order valence-electron chi connectivity index (χ2n) is 4.13. The highest BCUT2D eigenvalue weighted by Crippen LogP contribution is 2.35. The number of rotatable bonds is 2. The van der Waals surface area contributed by atoms with E-state index < -0.39 is 0 Å². The minimum Gasteiger partial charge on any atom is -0.271 e. The summed E-state index contributed by atoms with van der Waals surface area (Å²) in [6, 6.07) is 4.62. The van der Waals surface area contributed by atoms with Gasteiger partial charge in [0.2, 0.25) is 0 Å². The molecule has 1 heterocycles. The van der Waals surface area contributed by atoms with Crippen molar-refractivity contribution in [3.63, 3.8) is 0 Å². The van der Waals surface area contributed by atoms with Gasteiger partial charge in [0.05, 0.1) is 11.1 Å². The van der Waals surface area contributed by atoms with Gasteiger partial charge >= 0.3 is 0 Å². The van der Waals surface area contributed by atoms with Crippen molar-refractivity contribution in [3.05, 3.63) is 39.8 Å². The predicted molar refractivity (Wildman–Crippen MR) is 58.8 cm³/mol. The van der Waals surface area contributed by atoms with Gasteiger partial charge in [0.25, 0.3) is 11.8 Å². The first kappa shape index (κ1) is 9.86. The van der Waals surface area contributed by atoms with E-state index in [1.165, 1.54) is 11.0 Å². The summed E-state index contributed by atoms with van der Waals surface area (Å²) >= 11 is 0. The van der Waals surface area contributed by atoms with Crippen molar-refractivity contribution in [2.75, 3.05) is 0 Å². The van der Waals surface area contributed by atoms with Crippen molar-refractivity contribution in [1.29, 1.82) is 0 Å². The number of carbonyl (C=O) groups is 2. The standard InChI is InChI=1S/C11H8N4O2/c12-14-13-6-1-4-8-9(5-6)11(17)15(10(8)16)7-2-3-7/h1,4-5,7H,2-3H2. The van der Waals surface area contributed by atoms with Gasteiger partial charge in [0.1, 0.15) is 0 Å². The molecule has 2 aliphatic rings. The molecule has 6 nitrogen and oxygen atoms in total. The quantitative estimate of drug-likeness (QED) is 0.337. The van der Waals surface area contributed by atoms with Crippen LogP contribution in [0.25, 0.3) is 10.4 Å². The van der Waals surface area contributed by atoms with Gasteiger partial charge in [-0.2, -0.15) is 0 Å². The Hall–Kier alpha value is -2.33. The fraction of sp³-hybridized carbons (Fsp3) is 0.273. The molecule has 0 bridgehead atoms. The zero-order valence-corrected chi connectivity index (χ0v) is 8.83. The molecule has 1 aromatic carbocycles. The summed E-state index contributed by atoms with van der Waals surface area (Å²) in [5.74, 6) is -0.512. The van der Waals surface area contributed by atoms with E-state index in [9.17, 15) is 9.59 Å². The highest BCUT2D eigenvalue weighted by molar-refractivity contribution is 6.22. The van der Waals surface area contributed by atoms with Crippen molar-refractivity contribution >= 4 is 17.5 Å². The first-order valence-corrected chi connectivity index (χ1v) is 5.29. The van der Waals surface area contributed by atoms with E-state index in [-0.39, 0.29) is 17.9 Å². The van der Waals surface area contributed by atoms with Gasteiger partial charge in [-0.25, -0.2) is 0 Å². The molecule has 0 radical (unpaired) electrons. The summed E-state index contributed by atoms with van der Waals surface area (Å²) in [6.45, 7) is 0. The number of nitrogens with zero attached hydrogens (tertiary/aromatic N) is 4. The van der Waals surface area contributed by atoms with Crippen molar-refractivity contribution in [1.82, 2.24) is 4.90 Å². The van der Waals surface area contributed by atoms with Gasteiger partial charge in [0, 0.05) is 16.6 Å². The lowest BCUT2D eigenvalue weighted by molar-refractivity contribution is 0.0642. The molecule has 1 fully saturated rings. The molecule has 0 unspecified atom stereocenters. The molecule has 1 aromatic rings. The van der Waals surface area contributed by atoms with Crippen LogP contribution in [0.3, 0.4) is 0 Å². The molecule has 1 aliphatic heterocycles. The molecule has 1 aliphatic carbocycles. The molecule has 3 rings (SSSR count). The van der Waals surface area contributed by atoms with Crippen LogP contribution < -0.4 is 0 Å². The minimum atomic E-state index is -0.275. The van der Waals surface area contributed by atoms with Crippen LogP contribution in [0.2, 0.25) is 0 Å². The highest BCUT2D eigenvalue weighted by atomic mass is 16.2. The molecule has 17 heavy (non-hydrogen) atoms. The van der Waals surface area contributed by atoms with Gasteiger partial charge in [-0.1, -0.05) is 11.2 Å². The Balaban J connectivity index is 2.08. The van der Waals surface area contributed by atoms with Crippen LogP contribution in [0, 0.1) is 0 Å². The van der Waals surface area contributed by atoms with E-state index in [4.69, 9.17) is 5.53 Å². The molecule has 0 saturated heterocycles. The summed E-state index contributed by atoms with van der Waals surface area (Å²) in [4.78, 5) is 27.9. The zero-order chi connectivity index (χ0) is 12.0. The first-order valence-electron chi connectivity index (χ1n) is 5.29.